The first-order valence-electron chi connectivity index (χ1n) is 12.0. The fourth-order valence-corrected chi connectivity index (χ4v) is 3.74. The lowest BCUT2D eigenvalue weighted by molar-refractivity contribution is 0.0751. The number of pyridine rings is 1. The van der Waals surface area contributed by atoms with Crippen LogP contribution in [-0.2, 0) is 6.42 Å². The number of nitrogens with zero attached hydrogens (tertiary/aromatic N) is 5. The molecular weight excluding hydrogens is 448 g/mol. The van der Waals surface area contributed by atoms with E-state index in [-0.39, 0.29) is 29.1 Å². The molecule has 35 heavy (non-hydrogen) atoms. The van der Waals surface area contributed by atoms with Crippen LogP contribution in [0.25, 0.3) is 0 Å². The van der Waals surface area contributed by atoms with E-state index >= 15 is 0 Å². The Kier molecular flexibility index (Phi) is 9.98. The molecule has 0 aliphatic carbocycles. The highest BCUT2D eigenvalue weighted by atomic mass is 16.3. The maximum atomic E-state index is 13.0. The lowest BCUT2D eigenvalue weighted by Gasteiger charge is -2.22. The third-order valence-electron chi connectivity index (χ3n) is 5.64. The molecular formula is C25H36N6O4. The van der Waals surface area contributed by atoms with Crippen molar-refractivity contribution in [3.05, 3.63) is 51.3 Å². The second kappa shape index (κ2) is 12.7. The number of azo groups is 1. The zero-order valence-electron chi connectivity index (χ0n) is 21.2. The van der Waals surface area contributed by atoms with E-state index in [4.69, 9.17) is 5.73 Å². The summed E-state index contributed by atoms with van der Waals surface area (Å²) in [4.78, 5) is 39.9. The highest BCUT2D eigenvalue weighted by Gasteiger charge is 2.25. The van der Waals surface area contributed by atoms with E-state index in [9.17, 15) is 19.5 Å². The van der Waals surface area contributed by atoms with Crippen molar-refractivity contribution < 1.29 is 14.7 Å². The first-order chi connectivity index (χ1) is 16.7. The minimum atomic E-state index is -0.870. The largest absolute Gasteiger partial charge is 0.493 e. The topological polar surface area (TPSA) is 134 Å². The number of aromatic hydroxyl groups is 1. The van der Waals surface area contributed by atoms with Crippen molar-refractivity contribution >= 4 is 23.2 Å². The average molecular weight is 485 g/mol. The van der Waals surface area contributed by atoms with Gasteiger partial charge in [-0.3, -0.25) is 14.4 Å². The van der Waals surface area contributed by atoms with Crippen LogP contribution in [0.15, 0.2) is 39.3 Å². The van der Waals surface area contributed by atoms with Crippen LogP contribution in [0.1, 0.15) is 72.7 Å². The van der Waals surface area contributed by atoms with Gasteiger partial charge in [-0.15, -0.1) is 5.11 Å². The summed E-state index contributed by atoms with van der Waals surface area (Å²) in [6.07, 6.45) is 4.17. The van der Waals surface area contributed by atoms with E-state index in [1.807, 2.05) is 4.90 Å². The number of nitrogens with two attached hydrogens (primary N) is 1. The van der Waals surface area contributed by atoms with E-state index in [0.29, 0.717) is 11.3 Å². The number of hydrogen-bond acceptors (Lipinski definition) is 7. The Hall–Kier alpha value is -3.69. The number of amides is 2. The van der Waals surface area contributed by atoms with Gasteiger partial charge in [0.1, 0.15) is 5.56 Å². The Bertz CT molecular complexity index is 1110. The molecule has 0 radical (unpaired) electrons. The van der Waals surface area contributed by atoms with Crippen LogP contribution in [0, 0.1) is 0 Å². The van der Waals surface area contributed by atoms with Crippen LogP contribution in [0.3, 0.4) is 0 Å². The molecule has 2 rings (SSSR count). The maximum Gasteiger partial charge on any atom is 0.300 e. The third kappa shape index (κ3) is 6.46. The first kappa shape index (κ1) is 27.6. The lowest BCUT2D eigenvalue weighted by Crippen LogP contribution is -2.37. The number of unbranched alkanes of at least 4 members (excludes halogenated alkanes) is 2. The summed E-state index contributed by atoms with van der Waals surface area (Å²) in [5.41, 5.74) is 5.79. The van der Waals surface area contributed by atoms with Crippen molar-refractivity contribution in [2.45, 2.75) is 52.9 Å². The van der Waals surface area contributed by atoms with Gasteiger partial charge in [0, 0.05) is 38.3 Å². The zero-order chi connectivity index (χ0) is 26.1. The van der Waals surface area contributed by atoms with Crippen molar-refractivity contribution in [1.29, 1.82) is 0 Å². The van der Waals surface area contributed by atoms with Crippen LogP contribution in [0.5, 0.6) is 5.88 Å². The zero-order valence-corrected chi connectivity index (χ0v) is 21.2. The number of primary amides is 1. The summed E-state index contributed by atoms with van der Waals surface area (Å²) in [5, 5.41) is 20.1. The molecule has 190 valence electrons. The van der Waals surface area contributed by atoms with Crippen molar-refractivity contribution in [3.63, 3.8) is 0 Å². The highest BCUT2D eigenvalue weighted by Crippen LogP contribution is 2.28. The highest BCUT2D eigenvalue weighted by molar-refractivity contribution is 5.98. The van der Waals surface area contributed by atoms with Gasteiger partial charge >= 0.3 is 0 Å². The second-order valence-corrected chi connectivity index (χ2v) is 8.45. The summed E-state index contributed by atoms with van der Waals surface area (Å²) < 4.78 is 0.913. The molecule has 0 saturated carbocycles. The molecule has 0 bridgehead atoms. The molecule has 0 aliphatic rings. The number of carbonyl (C=O) groups excluding carboxylic acids is 2. The lowest BCUT2D eigenvalue weighted by atomic mass is 10.0. The molecule has 0 aliphatic heterocycles. The van der Waals surface area contributed by atoms with Gasteiger partial charge in [-0.2, -0.15) is 9.79 Å². The molecule has 0 saturated heterocycles. The summed E-state index contributed by atoms with van der Waals surface area (Å²) in [5.74, 6) is -1.44. The van der Waals surface area contributed by atoms with Crippen molar-refractivity contribution in [2.24, 2.45) is 16.0 Å². The number of carbonyl (C=O) groups is 2. The van der Waals surface area contributed by atoms with Crippen molar-refractivity contribution in [2.75, 3.05) is 32.2 Å². The van der Waals surface area contributed by atoms with Gasteiger partial charge < -0.3 is 20.7 Å². The average Bonchev–Trinajstić information content (AvgIpc) is 2.82. The second-order valence-electron chi connectivity index (χ2n) is 8.45. The number of rotatable bonds is 12. The number of aromatic nitrogens is 1. The van der Waals surface area contributed by atoms with E-state index in [2.05, 4.69) is 24.1 Å². The minimum Gasteiger partial charge on any atom is -0.493 e. The van der Waals surface area contributed by atoms with E-state index in [1.54, 1.807) is 45.3 Å². The SMILES string of the molecule is CCCCN(CCCC)C(=O)c1ccc(N=Nc2c(CC)c(C(N)=O)c(O)n(N(C)C)c2=O)cc1. The van der Waals surface area contributed by atoms with Crippen LogP contribution in [-0.4, -0.2) is 53.7 Å². The summed E-state index contributed by atoms with van der Waals surface area (Å²) >= 11 is 0. The van der Waals surface area contributed by atoms with Gasteiger partial charge in [0.25, 0.3) is 17.4 Å². The van der Waals surface area contributed by atoms with Gasteiger partial charge in [-0.05, 0) is 43.5 Å². The normalized spacial score (nSPS) is 11.1. The first-order valence-corrected chi connectivity index (χ1v) is 12.0. The van der Waals surface area contributed by atoms with Crippen LogP contribution in [0.4, 0.5) is 11.4 Å². The van der Waals surface area contributed by atoms with E-state index in [0.717, 1.165) is 43.4 Å². The molecule has 10 nitrogen and oxygen atoms in total. The quantitative estimate of drug-likeness (QED) is 0.441. The predicted molar refractivity (Wildman–Crippen MR) is 137 cm³/mol. The van der Waals surface area contributed by atoms with E-state index < -0.39 is 17.3 Å². The summed E-state index contributed by atoms with van der Waals surface area (Å²) in [6.45, 7) is 7.36. The van der Waals surface area contributed by atoms with Crippen molar-refractivity contribution in [3.8, 4) is 5.88 Å². The fourth-order valence-electron chi connectivity index (χ4n) is 3.74. The Morgan fingerprint density at radius 2 is 1.57 bits per heavy atom. The smallest absolute Gasteiger partial charge is 0.300 e. The molecule has 1 heterocycles. The van der Waals surface area contributed by atoms with Crippen LogP contribution >= 0.6 is 0 Å². The van der Waals surface area contributed by atoms with Gasteiger partial charge in [0.05, 0.1) is 5.69 Å². The number of hydrogen-bond donors (Lipinski definition) is 2. The monoisotopic (exact) mass is 484 g/mol. The molecule has 10 heteroatoms. The third-order valence-corrected chi connectivity index (χ3v) is 5.64. The predicted octanol–water partition coefficient (Wildman–Crippen LogP) is 3.87. The molecule has 0 unspecified atom stereocenters. The Morgan fingerprint density at radius 3 is 2.03 bits per heavy atom. The maximum absolute atomic E-state index is 13.0. The van der Waals surface area contributed by atoms with Crippen LogP contribution in [0.2, 0.25) is 0 Å². The van der Waals surface area contributed by atoms with Gasteiger partial charge in [-0.1, -0.05) is 33.6 Å². The molecule has 1 aromatic heterocycles. The number of benzene rings is 1. The fraction of sp³-hybridized carbons (Fsp3) is 0.480. The molecule has 2 aromatic rings. The van der Waals surface area contributed by atoms with Crippen LogP contribution < -0.4 is 16.3 Å². The molecule has 0 fully saturated rings. The Labute approximate surface area is 206 Å². The molecule has 1 aromatic carbocycles. The Balaban J connectivity index is 2.41. The summed E-state index contributed by atoms with van der Waals surface area (Å²) in [6, 6.07) is 6.68. The van der Waals surface area contributed by atoms with Gasteiger partial charge in [0.2, 0.25) is 5.88 Å². The molecule has 2 amide bonds. The summed E-state index contributed by atoms with van der Waals surface area (Å²) in [7, 11) is 3.08. The Morgan fingerprint density at radius 1 is 1.00 bits per heavy atom. The van der Waals surface area contributed by atoms with Gasteiger partial charge in [0.15, 0.2) is 5.69 Å². The standard InChI is InChI=1S/C25H36N6O4/c1-6-9-15-30(16-10-7-2)23(33)17-11-13-18(14-12-17)27-28-21-19(8-3)20(22(26)32)24(34)31(25(21)35)29(4)5/h11-14,34H,6-10,15-16H2,1-5H3,(H2,26,32). The van der Waals surface area contributed by atoms with Gasteiger partial charge in [-0.25, -0.2) is 0 Å². The van der Waals surface area contributed by atoms with E-state index in [1.165, 1.54) is 5.01 Å². The van der Waals surface area contributed by atoms with Crippen molar-refractivity contribution in [1.82, 2.24) is 9.58 Å². The minimum absolute atomic E-state index is 0.0258. The molecule has 0 spiro atoms. The molecule has 0 atom stereocenters. The molecule has 3 N–H and O–H groups in total.